The molecule has 0 radical (unpaired) electrons. The van der Waals surface area contributed by atoms with Crippen molar-refractivity contribution in [2.24, 2.45) is 0 Å². The van der Waals surface area contributed by atoms with E-state index in [1.165, 1.54) is 0 Å². The number of hydrogen-bond donors (Lipinski definition) is 1. The van der Waals surface area contributed by atoms with Crippen molar-refractivity contribution in [1.82, 2.24) is 15.1 Å². The number of amides is 1. The lowest BCUT2D eigenvalue weighted by atomic mass is 10.1. The number of carbonyl (C=O) groups excluding carboxylic acids is 1. The van der Waals surface area contributed by atoms with Crippen LogP contribution in [0.1, 0.15) is 30.7 Å². The fourth-order valence-corrected chi connectivity index (χ4v) is 2.25. The van der Waals surface area contributed by atoms with Gasteiger partial charge in [0.25, 0.3) is 0 Å². The Labute approximate surface area is 108 Å². The molecule has 18 heavy (non-hydrogen) atoms. The average molecular weight is 251 g/mol. The van der Waals surface area contributed by atoms with Crippen LogP contribution < -0.4 is 5.32 Å². The van der Waals surface area contributed by atoms with E-state index in [1.54, 1.807) is 0 Å². The smallest absolute Gasteiger partial charge is 0.249 e. The highest BCUT2D eigenvalue weighted by atomic mass is 16.5. The maximum Gasteiger partial charge on any atom is 0.249 e. The number of rotatable bonds is 4. The third-order valence-corrected chi connectivity index (χ3v) is 3.20. The van der Waals surface area contributed by atoms with Crippen LogP contribution in [0.3, 0.4) is 0 Å². The fourth-order valence-electron chi connectivity index (χ4n) is 2.25. The van der Waals surface area contributed by atoms with E-state index in [1.807, 2.05) is 24.6 Å². The minimum Gasteiger partial charge on any atom is -0.368 e. The number of hydrogen-bond acceptors (Lipinski definition) is 3. The zero-order valence-corrected chi connectivity index (χ0v) is 11.1. The van der Waals surface area contributed by atoms with Gasteiger partial charge in [0.15, 0.2) is 0 Å². The second-order valence-corrected chi connectivity index (χ2v) is 4.80. The molecule has 100 valence electrons. The molecule has 1 aromatic rings. The van der Waals surface area contributed by atoms with E-state index in [4.69, 9.17) is 4.74 Å². The maximum absolute atomic E-state index is 11.8. The summed E-state index contributed by atoms with van der Waals surface area (Å²) in [7, 11) is 0. The molecule has 0 unspecified atom stereocenters. The lowest BCUT2D eigenvalue weighted by molar-refractivity contribution is -0.135. The van der Waals surface area contributed by atoms with Gasteiger partial charge in [-0.2, -0.15) is 5.10 Å². The molecule has 1 aliphatic rings. The monoisotopic (exact) mass is 251 g/mol. The second kappa shape index (κ2) is 6.00. The van der Waals surface area contributed by atoms with Crippen molar-refractivity contribution in [3.63, 3.8) is 0 Å². The molecule has 1 aliphatic heterocycles. The molecule has 2 rings (SSSR count). The van der Waals surface area contributed by atoms with E-state index < -0.39 is 0 Å². The summed E-state index contributed by atoms with van der Waals surface area (Å²) in [5, 5.41) is 7.27. The predicted octanol–water partition coefficient (Wildman–Crippen LogP) is 1.19. The number of carbonyl (C=O) groups is 1. The van der Waals surface area contributed by atoms with E-state index >= 15 is 0 Å². The highest BCUT2D eigenvalue weighted by Gasteiger charge is 2.21. The Morgan fingerprint density at radius 3 is 3.00 bits per heavy atom. The van der Waals surface area contributed by atoms with Crippen LogP contribution in [0.4, 0.5) is 0 Å². The normalized spacial score (nSPS) is 19.8. The fraction of sp³-hybridized carbons (Fsp3) is 0.692. The zero-order valence-electron chi connectivity index (χ0n) is 11.1. The van der Waals surface area contributed by atoms with Crippen molar-refractivity contribution in [3.8, 4) is 0 Å². The Hall–Kier alpha value is -1.36. The summed E-state index contributed by atoms with van der Waals surface area (Å²) in [5.41, 5.74) is 2.13. The Bertz CT molecular complexity index is 408. The Morgan fingerprint density at radius 1 is 1.56 bits per heavy atom. The summed E-state index contributed by atoms with van der Waals surface area (Å²) in [6.45, 7) is 6.00. The topological polar surface area (TPSA) is 56.2 Å². The van der Waals surface area contributed by atoms with Gasteiger partial charge in [0.2, 0.25) is 5.91 Å². The number of aryl methyl sites for hydroxylation is 2. The molecule has 1 saturated heterocycles. The summed E-state index contributed by atoms with van der Waals surface area (Å²) in [4.78, 5) is 11.8. The van der Waals surface area contributed by atoms with Crippen LogP contribution in [0, 0.1) is 13.8 Å². The summed E-state index contributed by atoms with van der Waals surface area (Å²) >= 11 is 0. The van der Waals surface area contributed by atoms with Gasteiger partial charge in [-0.25, -0.2) is 0 Å². The second-order valence-electron chi connectivity index (χ2n) is 4.80. The minimum absolute atomic E-state index is 0.0104. The van der Waals surface area contributed by atoms with Crippen LogP contribution in [0.15, 0.2) is 6.07 Å². The number of nitrogens with zero attached hydrogens (tertiary/aromatic N) is 2. The molecule has 2 heterocycles. The lowest BCUT2D eigenvalue weighted by Gasteiger charge is -2.21. The van der Waals surface area contributed by atoms with Crippen LogP contribution in [0.5, 0.6) is 0 Å². The van der Waals surface area contributed by atoms with Gasteiger partial charge < -0.3 is 10.1 Å². The van der Waals surface area contributed by atoms with Crippen molar-refractivity contribution in [2.75, 3.05) is 13.2 Å². The largest absolute Gasteiger partial charge is 0.368 e. The molecule has 5 nitrogen and oxygen atoms in total. The zero-order chi connectivity index (χ0) is 13.0. The maximum atomic E-state index is 11.8. The quantitative estimate of drug-likeness (QED) is 0.874. The molecule has 0 aliphatic carbocycles. The molecule has 1 N–H and O–H groups in total. The van der Waals surface area contributed by atoms with Crippen molar-refractivity contribution < 1.29 is 9.53 Å². The van der Waals surface area contributed by atoms with E-state index in [-0.39, 0.29) is 12.0 Å². The molecule has 1 atom stereocenters. The van der Waals surface area contributed by atoms with Crippen molar-refractivity contribution in [2.45, 2.75) is 45.8 Å². The molecule has 1 fully saturated rings. The Balaban J connectivity index is 1.74. The van der Waals surface area contributed by atoms with Crippen LogP contribution in [-0.4, -0.2) is 34.9 Å². The summed E-state index contributed by atoms with van der Waals surface area (Å²) in [6, 6.07) is 2.03. The molecular weight excluding hydrogens is 230 g/mol. The lowest BCUT2D eigenvalue weighted by Crippen LogP contribution is -2.39. The molecule has 5 heteroatoms. The van der Waals surface area contributed by atoms with Gasteiger partial charge in [0.05, 0.1) is 12.2 Å². The van der Waals surface area contributed by atoms with Gasteiger partial charge in [-0.1, -0.05) is 0 Å². The first kappa shape index (κ1) is 13.1. The summed E-state index contributed by atoms with van der Waals surface area (Å²) in [6.07, 6.45) is 2.73. The first-order chi connectivity index (χ1) is 8.66. The molecule has 1 aromatic heterocycles. The van der Waals surface area contributed by atoms with Crippen molar-refractivity contribution >= 4 is 5.91 Å². The van der Waals surface area contributed by atoms with E-state index in [2.05, 4.69) is 10.4 Å². The first-order valence-corrected chi connectivity index (χ1v) is 6.57. The minimum atomic E-state index is -0.251. The summed E-state index contributed by atoms with van der Waals surface area (Å²) < 4.78 is 7.35. The van der Waals surface area contributed by atoms with Crippen LogP contribution in [0.25, 0.3) is 0 Å². The highest BCUT2D eigenvalue weighted by Crippen LogP contribution is 2.12. The van der Waals surface area contributed by atoms with Crippen LogP contribution in [0.2, 0.25) is 0 Å². The van der Waals surface area contributed by atoms with Gasteiger partial charge in [-0.15, -0.1) is 0 Å². The summed E-state index contributed by atoms with van der Waals surface area (Å²) in [5.74, 6) is 0.0104. The third kappa shape index (κ3) is 3.32. The first-order valence-electron chi connectivity index (χ1n) is 6.57. The van der Waals surface area contributed by atoms with Crippen molar-refractivity contribution in [1.29, 1.82) is 0 Å². The average Bonchev–Trinajstić information content (AvgIpc) is 2.69. The van der Waals surface area contributed by atoms with Gasteiger partial charge in [-0.05, 0) is 39.2 Å². The number of nitrogens with one attached hydrogen (secondary N) is 1. The van der Waals surface area contributed by atoms with E-state index in [9.17, 15) is 4.79 Å². The highest BCUT2D eigenvalue weighted by molar-refractivity contribution is 5.80. The molecule has 0 spiro atoms. The Kier molecular flexibility index (Phi) is 4.36. The molecule has 0 bridgehead atoms. The van der Waals surface area contributed by atoms with Crippen molar-refractivity contribution in [3.05, 3.63) is 17.5 Å². The SMILES string of the molecule is Cc1cc(C)n(CCNC(=O)[C@@H]2CCCCO2)n1. The molecular formula is C13H21N3O2. The van der Waals surface area contributed by atoms with Gasteiger partial charge in [-0.3, -0.25) is 9.48 Å². The molecule has 0 saturated carbocycles. The molecule has 1 amide bonds. The standard InChI is InChI=1S/C13H21N3O2/c1-10-9-11(2)16(15-10)7-6-14-13(17)12-5-3-4-8-18-12/h9,12H,3-8H2,1-2H3,(H,14,17)/t12-/m0/s1. The van der Waals surface area contributed by atoms with Crippen LogP contribution >= 0.6 is 0 Å². The predicted molar refractivity (Wildman–Crippen MR) is 68.3 cm³/mol. The van der Waals surface area contributed by atoms with Crippen LogP contribution in [-0.2, 0) is 16.1 Å². The van der Waals surface area contributed by atoms with Gasteiger partial charge in [0, 0.05) is 18.8 Å². The van der Waals surface area contributed by atoms with E-state index in [0.29, 0.717) is 19.7 Å². The van der Waals surface area contributed by atoms with Gasteiger partial charge >= 0.3 is 0 Å². The van der Waals surface area contributed by atoms with E-state index in [0.717, 1.165) is 30.7 Å². The molecule has 0 aromatic carbocycles. The number of aromatic nitrogens is 2. The Morgan fingerprint density at radius 2 is 2.39 bits per heavy atom. The van der Waals surface area contributed by atoms with Gasteiger partial charge in [0.1, 0.15) is 6.10 Å². The number of ether oxygens (including phenoxy) is 1. The third-order valence-electron chi connectivity index (χ3n) is 3.20.